The second-order valence-electron chi connectivity index (χ2n) is 8.09. The van der Waals surface area contributed by atoms with Crippen molar-refractivity contribution in [3.8, 4) is 0 Å². The summed E-state index contributed by atoms with van der Waals surface area (Å²) < 4.78 is 0. The molecule has 0 saturated heterocycles. The fourth-order valence-corrected chi connectivity index (χ4v) is 5.85. The van der Waals surface area contributed by atoms with Gasteiger partial charge in [-0.1, -0.05) is 26.7 Å². The molecule has 1 N–H and O–H groups in total. The number of hydrogen-bond donors (Lipinski definition) is 1. The summed E-state index contributed by atoms with van der Waals surface area (Å²) >= 11 is 0. The predicted octanol–water partition coefficient (Wildman–Crippen LogP) is 4.62. The maximum absolute atomic E-state index is 3.94. The van der Waals surface area contributed by atoms with Crippen molar-refractivity contribution in [2.24, 2.45) is 29.1 Å². The van der Waals surface area contributed by atoms with Crippen molar-refractivity contribution < 1.29 is 0 Å². The maximum Gasteiger partial charge on any atom is 0.00956 e. The van der Waals surface area contributed by atoms with Crippen molar-refractivity contribution in [2.45, 2.75) is 78.2 Å². The van der Waals surface area contributed by atoms with E-state index in [0.717, 1.165) is 29.7 Å². The summed E-state index contributed by atoms with van der Waals surface area (Å²) in [7, 11) is 0. The van der Waals surface area contributed by atoms with E-state index < -0.39 is 0 Å². The molecular formula is C18H33N. The highest BCUT2D eigenvalue weighted by molar-refractivity contribution is 5.05. The average molecular weight is 263 g/mol. The SMILES string of the molecule is CCC(CC)CNC(C)C12CC3CC(CC(C3)C1)C2. The molecule has 4 bridgehead atoms. The third-order valence-electron chi connectivity index (χ3n) is 6.87. The molecule has 1 atom stereocenters. The first-order valence-electron chi connectivity index (χ1n) is 8.88. The van der Waals surface area contributed by atoms with Gasteiger partial charge in [0.25, 0.3) is 0 Å². The van der Waals surface area contributed by atoms with Crippen LogP contribution in [0.15, 0.2) is 0 Å². The largest absolute Gasteiger partial charge is 0.313 e. The summed E-state index contributed by atoms with van der Waals surface area (Å²) in [6, 6.07) is 0.751. The molecule has 4 aliphatic rings. The van der Waals surface area contributed by atoms with Gasteiger partial charge in [-0.05, 0) is 81.1 Å². The zero-order chi connectivity index (χ0) is 13.5. The minimum absolute atomic E-state index is 0.681. The molecule has 4 rings (SSSR count). The second kappa shape index (κ2) is 5.39. The monoisotopic (exact) mass is 263 g/mol. The molecule has 0 aromatic carbocycles. The van der Waals surface area contributed by atoms with Gasteiger partial charge in [-0.15, -0.1) is 0 Å². The van der Waals surface area contributed by atoms with Gasteiger partial charge in [0.1, 0.15) is 0 Å². The molecule has 4 fully saturated rings. The van der Waals surface area contributed by atoms with Crippen LogP contribution in [-0.4, -0.2) is 12.6 Å². The normalized spacial score (nSPS) is 42.0. The smallest absolute Gasteiger partial charge is 0.00956 e. The summed E-state index contributed by atoms with van der Waals surface area (Å²) in [6.07, 6.45) is 12.0. The first-order chi connectivity index (χ1) is 9.15. The van der Waals surface area contributed by atoms with Gasteiger partial charge in [-0.25, -0.2) is 0 Å². The predicted molar refractivity (Wildman–Crippen MR) is 82.1 cm³/mol. The topological polar surface area (TPSA) is 12.0 Å². The Kier molecular flexibility index (Phi) is 3.95. The number of rotatable bonds is 6. The van der Waals surface area contributed by atoms with E-state index in [2.05, 4.69) is 26.1 Å². The van der Waals surface area contributed by atoms with Crippen LogP contribution in [0.4, 0.5) is 0 Å². The zero-order valence-corrected chi connectivity index (χ0v) is 13.3. The Morgan fingerprint density at radius 3 is 1.84 bits per heavy atom. The van der Waals surface area contributed by atoms with Crippen LogP contribution in [0.3, 0.4) is 0 Å². The Morgan fingerprint density at radius 2 is 1.42 bits per heavy atom. The lowest BCUT2D eigenvalue weighted by Gasteiger charge is -2.59. The summed E-state index contributed by atoms with van der Waals surface area (Å²) in [6.45, 7) is 8.42. The van der Waals surface area contributed by atoms with Crippen LogP contribution in [0.1, 0.15) is 72.1 Å². The van der Waals surface area contributed by atoms with Crippen LogP contribution >= 0.6 is 0 Å². The zero-order valence-electron chi connectivity index (χ0n) is 13.3. The van der Waals surface area contributed by atoms with E-state index in [1.807, 2.05) is 0 Å². The molecular weight excluding hydrogens is 230 g/mol. The molecule has 4 saturated carbocycles. The van der Waals surface area contributed by atoms with E-state index >= 15 is 0 Å². The summed E-state index contributed by atoms with van der Waals surface area (Å²) in [5.41, 5.74) is 0.681. The lowest BCUT2D eigenvalue weighted by Crippen LogP contribution is -2.55. The lowest BCUT2D eigenvalue weighted by molar-refractivity contribution is -0.0708. The highest BCUT2D eigenvalue weighted by Crippen LogP contribution is 2.61. The average Bonchev–Trinajstić information content (AvgIpc) is 2.38. The molecule has 19 heavy (non-hydrogen) atoms. The van der Waals surface area contributed by atoms with Gasteiger partial charge in [-0.3, -0.25) is 0 Å². The molecule has 110 valence electrons. The first-order valence-corrected chi connectivity index (χ1v) is 8.88. The standard InChI is InChI=1S/C18H33N/c1-4-14(5-2)12-19-13(3)18-9-15-6-16(10-18)8-17(7-15)11-18/h13-17,19H,4-12H2,1-3H3. The molecule has 0 amide bonds. The fraction of sp³-hybridized carbons (Fsp3) is 1.00. The summed E-state index contributed by atoms with van der Waals surface area (Å²) in [5, 5.41) is 3.94. The molecule has 0 radical (unpaired) electrons. The van der Waals surface area contributed by atoms with Crippen molar-refractivity contribution in [2.75, 3.05) is 6.54 Å². The van der Waals surface area contributed by atoms with E-state index in [9.17, 15) is 0 Å². The molecule has 1 nitrogen and oxygen atoms in total. The van der Waals surface area contributed by atoms with Crippen molar-refractivity contribution in [3.05, 3.63) is 0 Å². The first kappa shape index (κ1) is 13.9. The second-order valence-corrected chi connectivity index (χ2v) is 8.09. The molecule has 0 aromatic rings. The molecule has 0 aliphatic heterocycles. The van der Waals surface area contributed by atoms with Gasteiger partial charge >= 0.3 is 0 Å². The molecule has 1 unspecified atom stereocenters. The van der Waals surface area contributed by atoms with Gasteiger partial charge in [0.05, 0.1) is 0 Å². The van der Waals surface area contributed by atoms with E-state index in [1.54, 1.807) is 19.3 Å². The van der Waals surface area contributed by atoms with Gasteiger partial charge in [-0.2, -0.15) is 0 Å². The summed E-state index contributed by atoms with van der Waals surface area (Å²) in [5.74, 6) is 4.15. The molecule has 4 aliphatic carbocycles. The van der Waals surface area contributed by atoms with E-state index in [4.69, 9.17) is 0 Å². The quantitative estimate of drug-likeness (QED) is 0.737. The summed E-state index contributed by atoms with van der Waals surface area (Å²) in [4.78, 5) is 0. The van der Waals surface area contributed by atoms with Gasteiger partial charge in [0.2, 0.25) is 0 Å². The maximum atomic E-state index is 3.94. The van der Waals surface area contributed by atoms with Crippen LogP contribution in [0.5, 0.6) is 0 Å². The Labute approximate surface area is 119 Å². The lowest BCUT2D eigenvalue weighted by atomic mass is 9.48. The van der Waals surface area contributed by atoms with E-state index in [0.29, 0.717) is 5.41 Å². The highest BCUT2D eigenvalue weighted by Gasteiger charge is 2.52. The Balaban J connectivity index is 1.61. The Bertz CT molecular complexity index is 270. The van der Waals surface area contributed by atoms with Gasteiger partial charge in [0.15, 0.2) is 0 Å². The van der Waals surface area contributed by atoms with Crippen LogP contribution in [0, 0.1) is 29.1 Å². The number of hydrogen-bond acceptors (Lipinski definition) is 1. The van der Waals surface area contributed by atoms with Crippen molar-refractivity contribution in [1.29, 1.82) is 0 Å². The van der Waals surface area contributed by atoms with Crippen LogP contribution in [0.25, 0.3) is 0 Å². The van der Waals surface area contributed by atoms with Gasteiger partial charge < -0.3 is 5.32 Å². The van der Waals surface area contributed by atoms with Crippen molar-refractivity contribution in [1.82, 2.24) is 5.32 Å². The molecule has 0 aromatic heterocycles. The van der Waals surface area contributed by atoms with E-state index in [-0.39, 0.29) is 0 Å². The Morgan fingerprint density at radius 1 is 0.947 bits per heavy atom. The highest BCUT2D eigenvalue weighted by atomic mass is 14.9. The minimum Gasteiger partial charge on any atom is -0.313 e. The Hall–Kier alpha value is -0.0400. The minimum atomic E-state index is 0.681. The van der Waals surface area contributed by atoms with Crippen LogP contribution in [0.2, 0.25) is 0 Å². The van der Waals surface area contributed by atoms with Crippen molar-refractivity contribution in [3.63, 3.8) is 0 Å². The number of nitrogens with one attached hydrogen (secondary N) is 1. The molecule has 0 spiro atoms. The van der Waals surface area contributed by atoms with Crippen LogP contribution < -0.4 is 5.32 Å². The van der Waals surface area contributed by atoms with E-state index in [1.165, 1.54) is 38.6 Å². The van der Waals surface area contributed by atoms with Crippen LogP contribution in [-0.2, 0) is 0 Å². The molecule has 1 heteroatoms. The van der Waals surface area contributed by atoms with Crippen molar-refractivity contribution >= 4 is 0 Å². The van der Waals surface area contributed by atoms with Gasteiger partial charge in [0, 0.05) is 6.04 Å². The third kappa shape index (κ3) is 2.60. The fourth-order valence-electron chi connectivity index (χ4n) is 5.85. The third-order valence-corrected chi connectivity index (χ3v) is 6.87. The molecule has 0 heterocycles.